The van der Waals surface area contributed by atoms with Gasteiger partial charge >= 0.3 is 0 Å². The molecule has 1 aromatic heterocycles. The van der Waals surface area contributed by atoms with Gasteiger partial charge in [0.2, 0.25) is 0 Å². The second-order valence-electron chi connectivity index (χ2n) is 3.27. The lowest BCUT2D eigenvalue weighted by Gasteiger charge is -2.08. The topological polar surface area (TPSA) is 47.0 Å². The third-order valence-electron chi connectivity index (χ3n) is 2.17. The lowest BCUT2D eigenvalue weighted by Crippen LogP contribution is -2.16. The Morgan fingerprint density at radius 2 is 2.33 bits per heavy atom. The monoisotopic (exact) mass is 249 g/mol. The molecule has 4 nitrogen and oxygen atoms in total. The maximum atomic E-state index is 5.62. The van der Waals surface area contributed by atoms with Gasteiger partial charge in [0.05, 0.1) is 18.4 Å². The van der Waals surface area contributed by atoms with Crippen molar-refractivity contribution in [1.82, 2.24) is 15.5 Å². The zero-order valence-corrected chi connectivity index (χ0v) is 9.72. The van der Waals surface area contributed by atoms with Crippen LogP contribution in [0.3, 0.4) is 0 Å². The van der Waals surface area contributed by atoms with Gasteiger partial charge in [-0.05, 0) is 25.1 Å². The van der Waals surface area contributed by atoms with E-state index in [9.17, 15) is 0 Å². The van der Waals surface area contributed by atoms with Crippen LogP contribution in [-0.4, -0.2) is 29.4 Å². The van der Waals surface area contributed by atoms with Crippen molar-refractivity contribution in [3.8, 4) is 0 Å². The summed E-state index contributed by atoms with van der Waals surface area (Å²) in [5.41, 5.74) is 0.821. The van der Waals surface area contributed by atoms with E-state index in [0.717, 1.165) is 25.2 Å². The van der Waals surface area contributed by atoms with Crippen LogP contribution in [-0.2, 0) is 11.3 Å². The Morgan fingerprint density at radius 1 is 1.47 bits per heavy atom. The summed E-state index contributed by atoms with van der Waals surface area (Å²) in [5.74, 6) is 0. The number of nitrogens with zero attached hydrogens (tertiary/aromatic N) is 2. The van der Waals surface area contributed by atoms with Gasteiger partial charge in [-0.25, -0.2) is 0 Å². The smallest absolute Gasteiger partial charge is 0.151 e. The molecule has 0 unspecified atom stereocenters. The van der Waals surface area contributed by atoms with Gasteiger partial charge < -0.3 is 10.1 Å². The third kappa shape index (κ3) is 3.91. The molecule has 6 heteroatoms. The molecule has 2 heterocycles. The summed E-state index contributed by atoms with van der Waals surface area (Å²) < 4.78 is 5.62. The maximum Gasteiger partial charge on any atom is 0.151 e. The van der Waals surface area contributed by atoms with E-state index < -0.39 is 0 Å². The predicted octanol–water partition coefficient (Wildman–Crippen LogP) is 1.43. The highest BCUT2D eigenvalue weighted by molar-refractivity contribution is 6.29. The molecular formula is C9H13Cl2N3O. The average molecular weight is 250 g/mol. The van der Waals surface area contributed by atoms with E-state index in [0.29, 0.717) is 17.9 Å². The second-order valence-corrected chi connectivity index (χ2v) is 3.66. The Bertz CT molecular complexity index is 288. The number of hydrogen-bond donors (Lipinski definition) is 1. The fourth-order valence-corrected chi connectivity index (χ4v) is 1.50. The molecule has 0 bridgehead atoms. The van der Waals surface area contributed by atoms with Crippen molar-refractivity contribution in [1.29, 1.82) is 0 Å². The standard InChI is InChI=1S/C9H12ClN3O.ClH/c10-9-2-1-7(12-13-9)6-14-8-3-4-11-5-8;/h1-2,8,11H,3-6H2;1H/t8-;/m1./s1. The van der Waals surface area contributed by atoms with Crippen molar-refractivity contribution in [2.45, 2.75) is 19.1 Å². The molecule has 0 radical (unpaired) electrons. The van der Waals surface area contributed by atoms with E-state index in [2.05, 4.69) is 15.5 Å². The van der Waals surface area contributed by atoms with Gasteiger partial charge in [-0.15, -0.1) is 17.5 Å². The Kier molecular flexibility index (Phi) is 5.25. The van der Waals surface area contributed by atoms with Crippen LogP contribution in [0.25, 0.3) is 0 Å². The molecule has 1 aliphatic rings. The minimum absolute atomic E-state index is 0. The summed E-state index contributed by atoms with van der Waals surface area (Å²) >= 11 is 5.61. The largest absolute Gasteiger partial charge is 0.370 e. The van der Waals surface area contributed by atoms with Crippen LogP contribution in [0.4, 0.5) is 0 Å². The van der Waals surface area contributed by atoms with E-state index >= 15 is 0 Å². The lowest BCUT2D eigenvalue weighted by atomic mass is 10.3. The fourth-order valence-electron chi connectivity index (χ4n) is 1.39. The molecule has 0 saturated carbocycles. The van der Waals surface area contributed by atoms with Crippen molar-refractivity contribution >= 4 is 24.0 Å². The van der Waals surface area contributed by atoms with Crippen LogP contribution in [0, 0.1) is 0 Å². The first-order valence-electron chi connectivity index (χ1n) is 4.65. The molecule has 1 saturated heterocycles. The van der Waals surface area contributed by atoms with Crippen molar-refractivity contribution in [3.63, 3.8) is 0 Å². The van der Waals surface area contributed by atoms with E-state index in [4.69, 9.17) is 16.3 Å². The van der Waals surface area contributed by atoms with Crippen LogP contribution in [0.5, 0.6) is 0 Å². The molecule has 1 fully saturated rings. The fraction of sp³-hybridized carbons (Fsp3) is 0.556. The second kappa shape index (κ2) is 6.23. The van der Waals surface area contributed by atoms with Crippen LogP contribution >= 0.6 is 24.0 Å². The van der Waals surface area contributed by atoms with Crippen LogP contribution in [0.2, 0.25) is 5.15 Å². The zero-order chi connectivity index (χ0) is 9.80. The summed E-state index contributed by atoms with van der Waals surface area (Å²) in [6, 6.07) is 3.55. The van der Waals surface area contributed by atoms with Crippen molar-refractivity contribution in [2.75, 3.05) is 13.1 Å². The first kappa shape index (κ1) is 12.6. The SMILES string of the molecule is Cl.Clc1ccc(CO[C@@H]2CCNC2)nn1. The molecule has 1 aliphatic heterocycles. The van der Waals surface area contributed by atoms with Crippen molar-refractivity contribution in [2.24, 2.45) is 0 Å². The van der Waals surface area contributed by atoms with E-state index in [1.807, 2.05) is 6.07 Å². The molecule has 15 heavy (non-hydrogen) atoms. The van der Waals surface area contributed by atoms with Gasteiger partial charge in [0.15, 0.2) is 5.15 Å². The van der Waals surface area contributed by atoms with Gasteiger partial charge in [0.25, 0.3) is 0 Å². The van der Waals surface area contributed by atoms with E-state index in [-0.39, 0.29) is 12.4 Å². The summed E-state index contributed by atoms with van der Waals surface area (Å²) in [5, 5.41) is 11.3. The molecule has 1 N–H and O–H groups in total. The molecule has 1 aromatic rings. The first-order chi connectivity index (χ1) is 6.84. The minimum atomic E-state index is 0. The zero-order valence-electron chi connectivity index (χ0n) is 8.15. The number of hydrogen-bond acceptors (Lipinski definition) is 4. The number of nitrogens with one attached hydrogen (secondary N) is 1. The molecule has 0 amide bonds. The highest BCUT2D eigenvalue weighted by Gasteiger charge is 2.14. The Hall–Kier alpha value is -0.420. The molecule has 0 aliphatic carbocycles. The molecule has 2 rings (SSSR count). The normalized spacial score (nSPS) is 19.9. The van der Waals surface area contributed by atoms with Gasteiger partial charge in [-0.1, -0.05) is 11.6 Å². The Balaban J connectivity index is 0.00000112. The van der Waals surface area contributed by atoms with Crippen molar-refractivity contribution in [3.05, 3.63) is 23.0 Å². The van der Waals surface area contributed by atoms with Gasteiger partial charge in [-0.2, -0.15) is 5.10 Å². The first-order valence-corrected chi connectivity index (χ1v) is 5.03. The van der Waals surface area contributed by atoms with Crippen molar-refractivity contribution < 1.29 is 4.74 Å². The number of aromatic nitrogens is 2. The summed E-state index contributed by atoms with van der Waals surface area (Å²) in [6.07, 6.45) is 1.38. The van der Waals surface area contributed by atoms with Crippen LogP contribution in [0.1, 0.15) is 12.1 Å². The highest BCUT2D eigenvalue weighted by Crippen LogP contribution is 2.07. The Morgan fingerprint density at radius 3 is 2.93 bits per heavy atom. The molecule has 0 aromatic carbocycles. The minimum Gasteiger partial charge on any atom is -0.370 e. The number of rotatable bonds is 3. The van der Waals surface area contributed by atoms with Gasteiger partial charge in [-0.3, -0.25) is 0 Å². The summed E-state index contributed by atoms with van der Waals surface area (Å²) in [4.78, 5) is 0. The number of halogens is 2. The highest BCUT2D eigenvalue weighted by atomic mass is 35.5. The predicted molar refractivity (Wildman–Crippen MR) is 60.4 cm³/mol. The van der Waals surface area contributed by atoms with Crippen LogP contribution < -0.4 is 5.32 Å². The maximum absolute atomic E-state index is 5.62. The van der Waals surface area contributed by atoms with Crippen LogP contribution in [0.15, 0.2) is 12.1 Å². The molecule has 1 atom stereocenters. The molecule has 0 spiro atoms. The van der Waals surface area contributed by atoms with E-state index in [1.54, 1.807) is 6.07 Å². The summed E-state index contributed by atoms with van der Waals surface area (Å²) in [7, 11) is 0. The number of ether oxygens (including phenoxy) is 1. The molecular weight excluding hydrogens is 237 g/mol. The third-order valence-corrected chi connectivity index (χ3v) is 2.37. The average Bonchev–Trinajstić information content (AvgIpc) is 2.70. The van der Waals surface area contributed by atoms with E-state index in [1.165, 1.54) is 0 Å². The quantitative estimate of drug-likeness (QED) is 0.881. The Labute approximate surface area is 99.8 Å². The van der Waals surface area contributed by atoms with Gasteiger partial charge in [0.1, 0.15) is 0 Å². The van der Waals surface area contributed by atoms with Gasteiger partial charge in [0, 0.05) is 6.54 Å². The lowest BCUT2D eigenvalue weighted by molar-refractivity contribution is 0.0518. The summed E-state index contributed by atoms with van der Waals surface area (Å²) in [6.45, 7) is 2.48. The molecule has 84 valence electrons.